The van der Waals surface area contributed by atoms with Gasteiger partial charge in [0.2, 0.25) is 23.6 Å². The predicted octanol–water partition coefficient (Wildman–Crippen LogP) is 2.87. The van der Waals surface area contributed by atoms with Gasteiger partial charge in [-0.2, -0.15) is 0 Å². The van der Waals surface area contributed by atoms with Gasteiger partial charge in [0, 0.05) is 44.2 Å². The van der Waals surface area contributed by atoms with Crippen molar-refractivity contribution in [1.29, 1.82) is 0 Å². The first kappa shape index (κ1) is 36.7. The summed E-state index contributed by atoms with van der Waals surface area (Å²) in [5.41, 5.74) is 8.67. The number of nitrogens with two attached hydrogens (primary N) is 1. The van der Waals surface area contributed by atoms with Crippen LogP contribution in [0.15, 0.2) is 42.5 Å². The molecule has 0 spiro atoms. The average molecular weight is 712 g/mol. The van der Waals surface area contributed by atoms with Gasteiger partial charge in [-0.25, -0.2) is 4.98 Å². The number of rotatable bonds is 15. The zero-order chi connectivity index (χ0) is 34.8. The van der Waals surface area contributed by atoms with Gasteiger partial charge in [-0.3, -0.25) is 19.2 Å². The molecule has 14 heteroatoms. The molecule has 1 saturated heterocycles. The van der Waals surface area contributed by atoms with Gasteiger partial charge < -0.3 is 37.1 Å². The van der Waals surface area contributed by atoms with Gasteiger partial charge in [0.05, 0.1) is 21.3 Å². The molecule has 3 heterocycles. The van der Waals surface area contributed by atoms with E-state index in [1.54, 1.807) is 13.0 Å². The van der Waals surface area contributed by atoms with E-state index in [2.05, 4.69) is 31.6 Å². The number of carbonyl (C=O) groups excluding carboxylic acids is 4. The Hall–Kier alpha value is -3.62. The Morgan fingerprint density at radius 2 is 1.82 bits per heavy atom. The van der Waals surface area contributed by atoms with Gasteiger partial charge in [-0.15, -0.1) is 11.3 Å². The third-order valence-electron chi connectivity index (χ3n) is 9.05. The number of nitrogens with zero attached hydrogens (tertiary/aromatic N) is 1. The standard InChI is InChI=1S/C35H46ClN7O5S/c1-2-30(44)39-27(18-31-40-25-11-10-23(36)17-29(25)49-31)34(46)43-32(21-12-15-48-16-13-21)35(47)41-26(9-5-6-14-37)33(45)42-28-20-38-19-22-7-3-4-8-24(22)28/h3-4,7-8,10-11,17,21,26-28,32,38H,2,5-6,9,12-16,18-20,37H2,1H3,(H,39,44)(H,41,47)(H,42,45)(H,43,46)/t26-,27-,28+,32-/m0/s1. The first-order valence-electron chi connectivity index (χ1n) is 17.1. The molecule has 1 fully saturated rings. The van der Waals surface area contributed by atoms with Crippen molar-refractivity contribution in [1.82, 2.24) is 31.6 Å². The van der Waals surface area contributed by atoms with Gasteiger partial charge in [-0.05, 0) is 73.9 Å². The summed E-state index contributed by atoms with van der Waals surface area (Å²) >= 11 is 7.57. The van der Waals surface area contributed by atoms with E-state index in [0.717, 1.165) is 27.9 Å². The molecule has 1 aromatic heterocycles. The molecule has 5 rings (SSSR count). The second kappa shape index (κ2) is 17.9. The summed E-state index contributed by atoms with van der Waals surface area (Å²) < 4.78 is 6.43. The number of fused-ring (bicyclic) bond motifs is 2. The minimum atomic E-state index is -0.971. The molecule has 0 bridgehead atoms. The number of thiazole rings is 1. The van der Waals surface area contributed by atoms with Gasteiger partial charge in [0.15, 0.2) is 0 Å². The van der Waals surface area contributed by atoms with Gasteiger partial charge in [0.25, 0.3) is 0 Å². The Labute approximate surface area is 295 Å². The normalized spacial score (nSPS) is 18.1. The monoisotopic (exact) mass is 711 g/mol. The van der Waals surface area contributed by atoms with Crippen LogP contribution >= 0.6 is 22.9 Å². The molecule has 2 aliphatic rings. The molecule has 4 amide bonds. The fourth-order valence-corrected chi connectivity index (χ4v) is 7.62. The molecular weight excluding hydrogens is 666 g/mol. The van der Waals surface area contributed by atoms with E-state index >= 15 is 0 Å². The third kappa shape index (κ3) is 9.98. The molecule has 3 aromatic rings. The number of amides is 4. The van der Waals surface area contributed by atoms with Crippen molar-refractivity contribution in [2.24, 2.45) is 11.7 Å². The topological polar surface area (TPSA) is 177 Å². The summed E-state index contributed by atoms with van der Waals surface area (Å²) in [6, 6.07) is 10.3. The highest BCUT2D eigenvalue weighted by atomic mass is 35.5. The summed E-state index contributed by atoms with van der Waals surface area (Å²) in [6.07, 6.45) is 3.16. The zero-order valence-corrected chi connectivity index (χ0v) is 29.3. The molecule has 2 aromatic carbocycles. The Morgan fingerprint density at radius 3 is 2.59 bits per heavy atom. The summed E-state index contributed by atoms with van der Waals surface area (Å²) in [5, 5.41) is 16.5. The Balaban J connectivity index is 1.34. The average Bonchev–Trinajstić information content (AvgIpc) is 3.51. The molecule has 0 saturated carbocycles. The highest BCUT2D eigenvalue weighted by Gasteiger charge is 2.36. The minimum Gasteiger partial charge on any atom is -0.381 e. The number of aromatic nitrogens is 1. The molecule has 0 unspecified atom stereocenters. The number of carbonyl (C=O) groups is 4. The lowest BCUT2D eigenvalue weighted by atomic mass is 9.90. The van der Waals surface area contributed by atoms with Crippen LogP contribution < -0.4 is 32.3 Å². The minimum absolute atomic E-state index is 0.137. The van der Waals surface area contributed by atoms with Gasteiger partial charge >= 0.3 is 0 Å². The zero-order valence-electron chi connectivity index (χ0n) is 27.8. The van der Waals surface area contributed by atoms with Crippen molar-refractivity contribution in [3.05, 3.63) is 63.6 Å². The number of ether oxygens (including phenoxy) is 1. The lowest BCUT2D eigenvalue weighted by molar-refractivity contribution is -0.135. The Kier molecular flexibility index (Phi) is 13.4. The molecule has 7 N–H and O–H groups in total. The summed E-state index contributed by atoms with van der Waals surface area (Å²) in [7, 11) is 0. The van der Waals surface area contributed by atoms with Crippen molar-refractivity contribution >= 4 is 56.8 Å². The van der Waals surface area contributed by atoms with Crippen LogP contribution in [0.5, 0.6) is 0 Å². The Bertz CT molecular complexity index is 1610. The van der Waals surface area contributed by atoms with Crippen LogP contribution in [-0.2, 0) is 36.9 Å². The largest absolute Gasteiger partial charge is 0.381 e. The number of unbranched alkanes of at least 4 members (excludes halogenated alkanes) is 1. The van der Waals surface area contributed by atoms with Crippen LogP contribution in [-0.4, -0.2) is 73.0 Å². The SMILES string of the molecule is CCC(=O)N[C@@H](Cc1nc2ccc(Cl)cc2s1)C(=O)N[C@H](C(=O)N[C@@H](CCCCN)C(=O)N[C@@H]1CNCc2ccccc21)C1CCOCC1. The number of nitrogens with one attached hydrogen (secondary N) is 5. The lowest BCUT2D eigenvalue weighted by Gasteiger charge is -2.33. The second-order valence-corrected chi connectivity index (χ2v) is 14.1. The van der Waals surface area contributed by atoms with Gasteiger partial charge in [0.1, 0.15) is 18.1 Å². The van der Waals surface area contributed by atoms with E-state index in [1.807, 2.05) is 36.4 Å². The van der Waals surface area contributed by atoms with Crippen molar-refractivity contribution in [2.75, 3.05) is 26.3 Å². The van der Waals surface area contributed by atoms with Crippen LogP contribution in [0.1, 0.15) is 67.6 Å². The highest BCUT2D eigenvalue weighted by Crippen LogP contribution is 2.27. The Morgan fingerprint density at radius 1 is 1.02 bits per heavy atom. The fourth-order valence-electron chi connectivity index (χ4n) is 6.33. The summed E-state index contributed by atoms with van der Waals surface area (Å²) in [4.78, 5) is 59.1. The maximum absolute atomic E-state index is 14.1. The maximum atomic E-state index is 14.1. The molecule has 49 heavy (non-hydrogen) atoms. The lowest BCUT2D eigenvalue weighted by Crippen LogP contribution is -2.60. The van der Waals surface area contributed by atoms with Crippen molar-refractivity contribution in [2.45, 2.75) is 82.6 Å². The van der Waals surface area contributed by atoms with Crippen LogP contribution in [0.3, 0.4) is 0 Å². The van der Waals surface area contributed by atoms with E-state index < -0.39 is 29.9 Å². The number of hydrogen-bond acceptors (Lipinski definition) is 9. The summed E-state index contributed by atoms with van der Waals surface area (Å²) in [6.45, 7) is 4.36. The molecule has 264 valence electrons. The van der Waals surface area contributed by atoms with Crippen LogP contribution in [0.2, 0.25) is 5.02 Å². The van der Waals surface area contributed by atoms with Crippen LogP contribution in [0.4, 0.5) is 0 Å². The molecule has 0 aliphatic carbocycles. The summed E-state index contributed by atoms with van der Waals surface area (Å²) in [5.74, 6) is -1.78. The van der Waals surface area contributed by atoms with E-state index in [-0.39, 0.29) is 36.6 Å². The molecule has 12 nitrogen and oxygen atoms in total. The first-order valence-corrected chi connectivity index (χ1v) is 18.3. The second-order valence-electron chi connectivity index (χ2n) is 12.6. The van der Waals surface area contributed by atoms with Crippen LogP contribution in [0.25, 0.3) is 10.2 Å². The van der Waals surface area contributed by atoms with E-state index in [0.29, 0.717) is 68.4 Å². The smallest absolute Gasteiger partial charge is 0.243 e. The predicted molar refractivity (Wildman–Crippen MR) is 190 cm³/mol. The van der Waals surface area contributed by atoms with Crippen molar-refractivity contribution in [3.8, 4) is 0 Å². The van der Waals surface area contributed by atoms with Crippen LogP contribution in [0, 0.1) is 5.92 Å². The molecular formula is C35H46ClN7O5S. The number of halogens is 1. The number of benzene rings is 2. The van der Waals surface area contributed by atoms with E-state index in [1.165, 1.54) is 11.3 Å². The van der Waals surface area contributed by atoms with E-state index in [9.17, 15) is 19.2 Å². The molecule has 2 aliphatic heterocycles. The maximum Gasteiger partial charge on any atom is 0.243 e. The highest BCUT2D eigenvalue weighted by molar-refractivity contribution is 7.18. The number of hydrogen-bond donors (Lipinski definition) is 6. The first-order chi connectivity index (χ1) is 23.7. The molecule has 4 atom stereocenters. The fraction of sp³-hybridized carbons (Fsp3) is 0.514. The third-order valence-corrected chi connectivity index (χ3v) is 10.3. The molecule has 0 radical (unpaired) electrons. The van der Waals surface area contributed by atoms with Gasteiger partial charge in [-0.1, -0.05) is 42.8 Å². The van der Waals surface area contributed by atoms with Crippen molar-refractivity contribution in [3.63, 3.8) is 0 Å². The van der Waals surface area contributed by atoms with E-state index in [4.69, 9.17) is 22.1 Å². The van der Waals surface area contributed by atoms with Crippen molar-refractivity contribution < 1.29 is 23.9 Å². The quantitative estimate of drug-likeness (QED) is 0.130.